The molecule has 134 valence electrons. The molecule has 3 aromatic rings. The Morgan fingerprint density at radius 2 is 2.08 bits per heavy atom. The van der Waals surface area contributed by atoms with Gasteiger partial charge < -0.3 is 5.32 Å². The van der Waals surface area contributed by atoms with Crippen LogP contribution in [0.1, 0.15) is 28.7 Å². The van der Waals surface area contributed by atoms with Gasteiger partial charge in [-0.2, -0.15) is 0 Å². The summed E-state index contributed by atoms with van der Waals surface area (Å²) < 4.78 is 1.63. The van der Waals surface area contributed by atoms with Gasteiger partial charge in [0, 0.05) is 29.7 Å². The minimum Gasteiger partial charge on any atom is -0.351 e. The van der Waals surface area contributed by atoms with Gasteiger partial charge in [0.15, 0.2) is 10.9 Å². The van der Waals surface area contributed by atoms with Crippen LogP contribution in [-0.4, -0.2) is 37.4 Å². The Hall–Kier alpha value is -2.45. The molecule has 2 aromatic heterocycles. The molecule has 0 saturated carbocycles. The first-order valence-corrected chi connectivity index (χ1v) is 9.35. The van der Waals surface area contributed by atoms with E-state index in [4.69, 9.17) is 11.6 Å². The summed E-state index contributed by atoms with van der Waals surface area (Å²) in [5.41, 5.74) is 2.65. The lowest BCUT2D eigenvalue weighted by molar-refractivity contribution is 0.0950. The molecule has 2 heterocycles. The summed E-state index contributed by atoms with van der Waals surface area (Å²) in [5, 5.41) is 12.3. The van der Waals surface area contributed by atoms with Crippen molar-refractivity contribution in [2.45, 2.75) is 24.8 Å². The smallest absolute Gasteiger partial charge is 0.273 e. The number of halogens is 1. The van der Waals surface area contributed by atoms with Crippen LogP contribution in [0.3, 0.4) is 0 Å². The summed E-state index contributed by atoms with van der Waals surface area (Å²) in [5.74, 6) is 0.177. The van der Waals surface area contributed by atoms with Crippen molar-refractivity contribution in [1.82, 2.24) is 30.3 Å². The number of amides is 1. The largest absolute Gasteiger partial charge is 0.351 e. The number of hydrogen-bond acceptors (Lipinski definition) is 6. The second-order valence-corrected chi connectivity index (χ2v) is 6.76. The maximum absolute atomic E-state index is 12.3. The molecule has 0 aliphatic heterocycles. The molecule has 0 fully saturated rings. The molecule has 9 heteroatoms. The van der Waals surface area contributed by atoms with E-state index in [-0.39, 0.29) is 11.6 Å². The number of thioether (sulfide) groups is 1. The Bertz CT molecular complexity index is 915. The van der Waals surface area contributed by atoms with Crippen molar-refractivity contribution in [3.8, 4) is 5.69 Å². The Labute approximate surface area is 160 Å². The number of rotatable bonds is 6. The van der Waals surface area contributed by atoms with Crippen LogP contribution in [-0.2, 0) is 5.75 Å². The number of aromatic nitrogens is 5. The predicted octanol–water partition coefficient (Wildman–Crippen LogP) is 3.06. The van der Waals surface area contributed by atoms with E-state index in [1.54, 1.807) is 29.2 Å². The highest BCUT2D eigenvalue weighted by Crippen LogP contribution is 2.25. The van der Waals surface area contributed by atoms with Gasteiger partial charge in [0.2, 0.25) is 0 Å². The van der Waals surface area contributed by atoms with Crippen molar-refractivity contribution in [2.75, 3.05) is 6.54 Å². The predicted molar refractivity (Wildman–Crippen MR) is 101 cm³/mol. The van der Waals surface area contributed by atoms with E-state index in [9.17, 15) is 4.79 Å². The van der Waals surface area contributed by atoms with E-state index >= 15 is 0 Å². The quantitative estimate of drug-likeness (QED) is 0.516. The molecule has 26 heavy (non-hydrogen) atoms. The van der Waals surface area contributed by atoms with Gasteiger partial charge in [-0.1, -0.05) is 34.6 Å². The molecule has 1 N–H and O–H groups in total. The van der Waals surface area contributed by atoms with Crippen molar-refractivity contribution >= 4 is 29.3 Å². The SMILES string of the molecule is CCNC(=O)c1nnn(-c2ccc(C)c(Cl)c2)c1CSc1ncccn1. The van der Waals surface area contributed by atoms with Crippen LogP contribution in [0.2, 0.25) is 5.02 Å². The summed E-state index contributed by atoms with van der Waals surface area (Å²) in [6, 6.07) is 7.36. The lowest BCUT2D eigenvalue weighted by atomic mass is 10.2. The maximum Gasteiger partial charge on any atom is 0.273 e. The number of carbonyl (C=O) groups is 1. The van der Waals surface area contributed by atoms with E-state index in [0.29, 0.717) is 28.2 Å². The van der Waals surface area contributed by atoms with E-state index in [1.165, 1.54) is 11.8 Å². The summed E-state index contributed by atoms with van der Waals surface area (Å²) >= 11 is 7.65. The fourth-order valence-corrected chi connectivity index (χ4v) is 3.24. The molecular weight excluding hydrogens is 372 g/mol. The van der Waals surface area contributed by atoms with Gasteiger partial charge in [-0.25, -0.2) is 14.6 Å². The number of aryl methyl sites for hydroxylation is 1. The minimum atomic E-state index is -0.262. The third-order valence-corrected chi connectivity index (χ3v) is 4.89. The zero-order valence-corrected chi connectivity index (χ0v) is 15.9. The lowest BCUT2D eigenvalue weighted by Gasteiger charge is -2.09. The third-order valence-electron chi connectivity index (χ3n) is 3.60. The fourth-order valence-electron chi connectivity index (χ4n) is 2.27. The highest BCUT2D eigenvalue weighted by atomic mass is 35.5. The average molecular weight is 389 g/mol. The fraction of sp³-hybridized carbons (Fsp3) is 0.235. The standard InChI is InChI=1S/C17H17ClN6OS/c1-3-19-16(25)15-14(10-26-17-20-7-4-8-21-17)24(23-22-15)12-6-5-11(2)13(18)9-12/h4-9H,3,10H2,1-2H3,(H,19,25). The van der Waals surface area contributed by atoms with Crippen molar-refractivity contribution in [2.24, 2.45) is 0 Å². The van der Waals surface area contributed by atoms with Gasteiger partial charge in [-0.05, 0) is 37.6 Å². The van der Waals surface area contributed by atoms with E-state index in [2.05, 4.69) is 25.6 Å². The first kappa shape index (κ1) is 18.3. The molecule has 3 rings (SSSR count). The minimum absolute atomic E-state index is 0.262. The van der Waals surface area contributed by atoms with Gasteiger partial charge in [0.05, 0.1) is 11.4 Å². The van der Waals surface area contributed by atoms with Crippen molar-refractivity contribution in [1.29, 1.82) is 0 Å². The zero-order valence-electron chi connectivity index (χ0n) is 14.3. The third kappa shape index (κ3) is 4.03. The Morgan fingerprint density at radius 1 is 1.31 bits per heavy atom. The first-order chi connectivity index (χ1) is 12.6. The van der Waals surface area contributed by atoms with E-state index < -0.39 is 0 Å². The molecule has 7 nitrogen and oxygen atoms in total. The molecule has 1 amide bonds. The monoisotopic (exact) mass is 388 g/mol. The molecule has 0 spiro atoms. The van der Waals surface area contributed by atoms with Crippen LogP contribution < -0.4 is 5.32 Å². The van der Waals surface area contributed by atoms with Gasteiger partial charge >= 0.3 is 0 Å². The van der Waals surface area contributed by atoms with Gasteiger partial charge in [-0.15, -0.1) is 5.10 Å². The average Bonchev–Trinajstić information content (AvgIpc) is 3.07. The van der Waals surface area contributed by atoms with Gasteiger partial charge in [-0.3, -0.25) is 4.79 Å². The van der Waals surface area contributed by atoms with E-state index in [0.717, 1.165) is 11.3 Å². The number of benzene rings is 1. The summed E-state index contributed by atoms with van der Waals surface area (Å²) in [6.07, 6.45) is 3.35. The molecule has 0 atom stereocenters. The molecule has 0 aliphatic rings. The topological polar surface area (TPSA) is 85.6 Å². The molecule has 0 radical (unpaired) electrons. The molecule has 0 saturated heterocycles. The highest BCUT2D eigenvalue weighted by Gasteiger charge is 2.21. The van der Waals surface area contributed by atoms with Crippen molar-refractivity contribution in [3.05, 3.63) is 58.6 Å². The Morgan fingerprint density at radius 3 is 2.77 bits per heavy atom. The summed E-state index contributed by atoms with van der Waals surface area (Å²) in [7, 11) is 0. The summed E-state index contributed by atoms with van der Waals surface area (Å²) in [4.78, 5) is 20.7. The van der Waals surface area contributed by atoms with Crippen LogP contribution in [0.15, 0.2) is 41.8 Å². The molecule has 0 aliphatic carbocycles. The normalized spacial score (nSPS) is 10.7. The van der Waals surface area contributed by atoms with Crippen molar-refractivity contribution < 1.29 is 4.79 Å². The second-order valence-electron chi connectivity index (χ2n) is 5.41. The Kier molecular flexibility index (Phi) is 5.85. The number of nitrogens with one attached hydrogen (secondary N) is 1. The number of nitrogens with zero attached hydrogens (tertiary/aromatic N) is 5. The molecule has 0 unspecified atom stereocenters. The summed E-state index contributed by atoms with van der Waals surface area (Å²) in [6.45, 7) is 4.29. The highest BCUT2D eigenvalue weighted by molar-refractivity contribution is 7.98. The Balaban J connectivity index is 1.98. The van der Waals surface area contributed by atoms with Gasteiger partial charge in [0.25, 0.3) is 5.91 Å². The molecule has 1 aromatic carbocycles. The second kappa shape index (κ2) is 8.29. The van der Waals surface area contributed by atoms with E-state index in [1.807, 2.05) is 26.0 Å². The van der Waals surface area contributed by atoms with Crippen LogP contribution >= 0.6 is 23.4 Å². The van der Waals surface area contributed by atoms with Gasteiger partial charge in [0.1, 0.15) is 0 Å². The van der Waals surface area contributed by atoms with Crippen LogP contribution in [0, 0.1) is 6.92 Å². The zero-order chi connectivity index (χ0) is 18.5. The lowest BCUT2D eigenvalue weighted by Crippen LogP contribution is -2.24. The number of hydrogen-bond donors (Lipinski definition) is 1. The number of carbonyl (C=O) groups excluding carboxylic acids is 1. The van der Waals surface area contributed by atoms with Crippen LogP contribution in [0.4, 0.5) is 0 Å². The maximum atomic E-state index is 12.3. The van der Waals surface area contributed by atoms with Crippen LogP contribution in [0.25, 0.3) is 5.69 Å². The molecule has 0 bridgehead atoms. The van der Waals surface area contributed by atoms with Crippen LogP contribution in [0.5, 0.6) is 0 Å². The first-order valence-electron chi connectivity index (χ1n) is 7.99. The van der Waals surface area contributed by atoms with Crippen molar-refractivity contribution in [3.63, 3.8) is 0 Å². The molecular formula is C17H17ClN6OS.